The minimum atomic E-state index is -0.564. The first-order chi connectivity index (χ1) is 17.8. The van der Waals surface area contributed by atoms with Gasteiger partial charge in [-0.05, 0) is 41.5 Å². The number of ether oxygens (including phenoxy) is 4. The van der Waals surface area contributed by atoms with Crippen molar-refractivity contribution in [2.24, 2.45) is 0 Å². The normalized spacial score (nSPS) is 14.5. The Morgan fingerprint density at radius 2 is 1.37 bits per heavy atom. The van der Waals surface area contributed by atoms with Gasteiger partial charge in [-0.1, -0.05) is 0 Å². The van der Waals surface area contributed by atoms with E-state index in [2.05, 4.69) is 9.97 Å². The minimum absolute atomic E-state index is 0.164. The lowest BCUT2D eigenvalue weighted by Crippen LogP contribution is -2.41. The summed E-state index contributed by atoms with van der Waals surface area (Å²) >= 11 is 0. The first-order valence-electron chi connectivity index (χ1n) is 12.1. The number of rotatable bonds is 2. The summed E-state index contributed by atoms with van der Waals surface area (Å²) in [5.41, 5.74) is 0.748. The monoisotopic (exact) mass is 530 g/mol. The van der Waals surface area contributed by atoms with Gasteiger partial charge in [-0.3, -0.25) is 24.6 Å². The van der Waals surface area contributed by atoms with E-state index in [9.17, 15) is 14.4 Å². The molecule has 4 rings (SSSR count). The molecule has 2 amide bonds. The number of nitrogens with zero attached hydrogens (tertiary/aromatic N) is 4. The highest BCUT2D eigenvalue weighted by Gasteiger charge is 2.30. The fourth-order valence-electron chi connectivity index (χ4n) is 3.45. The first-order valence-corrected chi connectivity index (χ1v) is 12.1. The van der Waals surface area contributed by atoms with Crippen molar-refractivity contribution in [3.63, 3.8) is 0 Å². The maximum absolute atomic E-state index is 12.1. The summed E-state index contributed by atoms with van der Waals surface area (Å²) in [5.74, 6) is 1.00. The number of aliphatic hydroxyl groups excluding tert-OH is 1. The van der Waals surface area contributed by atoms with Crippen molar-refractivity contribution in [1.29, 1.82) is 0 Å². The average Bonchev–Trinajstić information content (AvgIpc) is 2.85. The van der Waals surface area contributed by atoms with Crippen molar-refractivity contribution >= 4 is 29.8 Å². The van der Waals surface area contributed by atoms with Crippen LogP contribution in [-0.4, -0.2) is 71.1 Å². The molecule has 0 bridgehead atoms. The Balaban J connectivity index is 0.000000211. The Morgan fingerprint density at radius 3 is 1.82 bits per heavy atom. The van der Waals surface area contributed by atoms with Crippen LogP contribution in [0.5, 0.6) is 11.5 Å². The molecule has 0 radical (unpaired) electrons. The van der Waals surface area contributed by atoms with Crippen molar-refractivity contribution in [2.75, 3.05) is 36.1 Å². The molecule has 2 aliphatic heterocycles. The Kier molecular flexibility index (Phi) is 8.77. The zero-order chi connectivity index (χ0) is 28.1. The second kappa shape index (κ2) is 11.6. The standard InChI is InChI=1S/C13H18N2O4.C13H16N2O4/c2*1-13(2,3)19-12(17)15-4-5-18-11-6-9(8-16)14-7-10(11)15/h6-7,16H,4-5,8H2,1-3H3;6-8H,4-5H2,1-3H3. The topological polar surface area (TPSA) is 141 Å². The maximum atomic E-state index is 12.1. The lowest BCUT2D eigenvalue weighted by molar-refractivity contribution is 0.0557. The molecule has 0 fully saturated rings. The van der Waals surface area contributed by atoms with E-state index in [0.29, 0.717) is 61.2 Å². The van der Waals surface area contributed by atoms with Crippen molar-refractivity contribution in [3.8, 4) is 11.5 Å². The summed E-state index contributed by atoms with van der Waals surface area (Å²) in [4.78, 5) is 45.8. The van der Waals surface area contributed by atoms with Gasteiger partial charge in [0, 0.05) is 12.1 Å². The largest absolute Gasteiger partial charge is 0.489 e. The number of amides is 2. The summed E-state index contributed by atoms with van der Waals surface area (Å²) in [6.45, 7) is 12.3. The van der Waals surface area contributed by atoms with Crippen LogP contribution in [0, 0.1) is 0 Å². The van der Waals surface area contributed by atoms with Gasteiger partial charge in [0.25, 0.3) is 0 Å². The summed E-state index contributed by atoms with van der Waals surface area (Å²) < 4.78 is 21.6. The van der Waals surface area contributed by atoms with E-state index in [-0.39, 0.29) is 12.3 Å². The Morgan fingerprint density at radius 1 is 0.895 bits per heavy atom. The number of hydrogen-bond donors (Lipinski definition) is 1. The molecule has 0 saturated carbocycles. The van der Waals surface area contributed by atoms with Gasteiger partial charge in [0.05, 0.1) is 37.8 Å². The van der Waals surface area contributed by atoms with Crippen molar-refractivity contribution in [1.82, 2.24) is 9.97 Å². The molecule has 2 aromatic heterocycles. The summed E-state index contributed by atoms with van der Waals surface area (Å²) in [6.07, 6.45) is 2.73. The number of aliphatic hydroxyl groups is 1. The van der Waals surface area contributed by atoms with Crippen LogP contribution in [0.15, 0.2) is 24.5 Å². The highest BCUT2D eigenvalue weighted by molar-refractivity contribution is 5.91. The highest BCUT2D eigenvalue weighted by Crippen LogP contribution is 2.33. The molecule has 0 saturated heterocycles. The van der Waals surface area contributed by atoms with Crippen LogP contribution < -0.4 is 19.3 Å². The van der Waals surface area contributed by atoms with Gasteiger partial charge in [0.15, 0.2) is 6.29 Å². The molecule has 0 unspecified atom stereocenters. The van der Waals surface area contributed by atoms with Gasteiger partial charge in [-0.15, -0.1) is 0 Å². The predicted molar refractivity (Wildman–Crippen MR) is 138 cm³/mol. The van der Waals surface area contributed by atoms with Gasteiger partial charge >= 0.3 is 12.2 Å². The van der Waals surface area contributed by atoms with E-state index in [1.807, 2.05) is 20.8 Å². The number of fused-ring (bicyclic) bond motifs is 2. The fourth-order valence-corrected chi connectivity index (χ4v) is 3.45. The summed E-state index contributed by atoms with van der Waals surface area (Å²) in [5, 5.41) is 9.04. The van der Waals surface area contributed by atoms with Crippen LogP contribution in [0.3, 0.4) is 0 Å². The molecule has 0 atom stereocenters. The highest BCUT2D eigenvalue weighted by atomic mass is 16.6. The molecule has 206 valence electrons. The molecule has 12 nitrogen and oxygen atoms in total. The van der Waals surface area contributed by atoms with E-state index >= 15 is 0 Å². The zero-order valence-electron chi connectivity index (χ0n) is 22.5. The van der Waals surface area contributed by atoms with E-state index < -0.39 is 23.4 Å². The van der Waals surface area contributed by atoms with Gasteiger partial charge < -0.3 is 24.1 Å². The third-order valence-corrected chi connectivity index (χ3v) is 5.01. The average molecular weight is 531 g/mol. The van der Waals surface area contributed by atoms with E-state index in [1.54, 1.807) is 26.8 Å². The van der Waals surface area contributed by atoms with Gasteiger partial charge in [0.2, 0.25) is 0 Å². The Bertz CT molecular complexity index is 1170. The van der Waals surface area contributed by atoms with Crippen LogP contribution >= 0.6 is 0 Å². The molecular weight excluding hydrogens is 496 g/mol. The third-order valence-electron chi connectivity index (χ3n) is 5.01. The van der Waals surface area contributed by atoms with Crippen LogP contribution in [0.4, 0.5) is 21.0 Å². The number of aldehydes is 1. The van der Waals surface area contributed by atoms with Gasteiger partial charge in [-0.25, -0.2) is 9.59 Å². The molecule has 0 aromatic carbocycles. The molecule has 12 heteroatoms. The van der Waals surface area contributed by atoms with Gasteiger partial charge in [0.1, 0.15) is 53.0 Å². The molecule has 2 aromatic rings. The molecule has 0 spiro atoms. The van der Waals surface area contributed by atoms with Crippen LogP contribution in [0.25, 0.3) is 0 Å². The molecule has 2 aliphatic rings. The number of carbonyl (C=O) groups is 3. The quantitative estimate of drug-likeness (QED) is 0.571. The number of pyridine rings is 2. The number of aromatic nitrogens is 2. The summed E-state index contributed by atoms with van der Waals surface area (Å²) in [7, 11) is 0. The molecule has 38 heavy (non-hydrogen) atoms. The minimum Gasteiger partial charge on any atom is -0.489 e. The number of carbonyl (C=O) groups excluding carboxylic acids is 3. The fraction of sp³-hybridized carbons (Fsp3) is 0.500. The second-order valence-corrected chi connectivity index (χ2v) is 10.5. The SMILES string of the molecule is CC(C)(C)OC(=O)N1CCOc2cc(C=O)ncc21.CC(C)(C)OC(=O)N1CCOc2cc(CO)ncc21. The molecular formula is C26H34N4O8. The molecule has 4 heterocycles. The van der Waals surface area contributed by atoms with Crippen LogP contribution in [0.1, 0.15) is 57.7 Å². The number of hydrogen-bond acceptors (Lipinski definition) is 10. The summed E-state index contributed by atoms with van der Waals surface area (Å²) in [6, 6.07) is 3.14. The van der Waals surface area contributed by atoms with Gasteiger partial charge in [-0.2, -0.15) is 0 Å². The van der Waals surface area contributed by atoms with Crippen LogP contribution in [-0.2, 0) is 16.1 Å². The lowest BCUT2D eigenvalue weighted by Gasteiger charge is -2.31. The smallest absolute Gasteiger partial charge is 0.415 e. The Labute approximate surface area is 221 Å². The van der Waals surface area contributed by atoms with Crippen LogP contribution in [0.2, 0.25) is 0 Å². The molecule has 0 aliphatic carbocycles. The molecule has 1 N–H and O–H groups in total. The van der Waals surface area contributed by atoms with E-state index in [4.69, 9.17) is 24.1 Å². The zero-order valence-corrected chi connectivity index (χ0v) is 22.5. The number of anilines is 2. The Hall–Kier alpha value is -3.93. The lowest BCUT2D eigenvalue weighted by atomic mass is 10.2. The first kappa shape index (κ1) is 28.6. The second-order valence-electron chi connectivity index (χ2n) is 10.5. The van der Waals surface area contributed by atoms with E-state index in [1.165, 1.54) is 28.3 Å². The van der Waals surface area contributed by atoms with Crippen molar-refractivity contribution < 1.29 is 38.4 Å². The van der Waals surface area contributed by atoms with Crippen molar-refractivity contribution in [3.05, 3.63) is 35.9 Å². The van der Waals surface area contributed by atoms with E-state index in [0.717, 1.165) is 0 Å². The predicted octanol–water partition coefficient (Wildman–Crippen LogP) is 3.74. The van der Waals surface area contributed by atoms with Crippen molar-refractivity contribution in [2.45, 2.75) is 59.4 Å². The third kappa shape index (κ3) is 7.54. The maximum Gasteiger partial charge on any atom is 0.415 e.